The summed E-state index contributed by atoms with van der Waals surface area (Å²) in [5.74, 6) is -0.0424. The second-order valence-electron chi connectivity index (χ2n) is 22.4. The fourth-order valence-electron chi connectivity index (χ4n) is 8.41. The summed E-state index contributed by atoms with van der Waals surface area (Å²) < 4.78 is 142. The van der Waals surface area contributed by atoms with E-state index >= 15 is 0 Å². The number of ether oxygens (including phenoxy) is 26. The first-order chi connectivity index (χ1) is 50.8. The molecule has 0 aromatic heterocycles. The third-order valence-electron chi connectivity index (χ3n) is 13.8. The molecule has 0 aliphatic rings. The molecular weight excluding hydrogens is 1360 g/mol. The third kappa shape index (κ3) is 73.7. The van der Waals surface area contributed by atoms with Crippen LogP contribution < -0.4 is 10.1 Å². The molecule has 0 aliphatic heterocycles. The molecule has 0 unspecified atom stereocenters. The van der Waals surface area contributed by atoms with Crippen LogP contribution in [0.15, 0.2) is 18.2 Å². The summed E-state index contributed by atoms with van der Waals surface area (Å²) in [7, 11) is 1.64. The van der Waals surface area contributed by atoms with Crippen LogP contribution in [-0.2, 0) is 133 Å². The van der Waals surface area contributed by atoms with Gasteiger partial charge in [0.1, 0.15) is 25.6 Å². The molecule has 0 heterocycles. The summed E-state index contributed by atoms with van der Waals surface area (Å²) in [6.45, 7) is 28.7. The number of hydrogen-bond acceptors (Lipinski definition) is 31. The summed E-state index contributed by atoms with van der Waals surface area (Å²) >= 11 is 0. The maximum atomic E-state index is 12.6. The van der Waals surface area contributed by atoms with Crippen molar-refractivity contribution in [1.82, 2.24) is 10.2 Å². The van der Waals surface area contributed by atoms with E-state index in [-0.39, 0.29) is 69.6 Å². The van der Waals surface area contributed by atoms with E-state index < -0.39 is 0 Å². The number of rotatable bonds is 86. The number of methoxy groups -OCH3 is 1. The molecule has 0 saturated carbocycles. The number of amides is 1. The van der Waals surface area contributed by atoms with Crippen LogP contribution in [-0.4, -0.2) is 384 Å². The lowest BCUT2D eigenvalue weighted by Gasteiger charge is -2.22. The van der Waals surface area contributed by atoms with Gasteiger partial charge in [-0.2, -0.15) is 0 Å². The van der Waals surface area contributed by atoms with Gasteiger partial charge < -0.3 is 134 Å². The zero-order valence-electron chi connectivity index (χ0n) is 62.8. The fraction of sp³-hybridized carbons (Fsp3) is 0.873. The molecule has 606 valence electrons. The van der Waals surface area contributed by atoms with Gasteiger partial charge in [-0.1, -0.05) is 18.2 Å². The van der Waals surface area contributed by atoms with Crippen LogP contribution in [0.3, 0.4) is 0 Å². The first-order valence-electron chi connectivity index (χ1n) is 36.6. The van der Waals surface area contributed by atoms with Crippen molar-refractivity contribution in [2.45, 2.75) is 58.9 Å². The predicted molar refractivity (Wildman–Crippen MR) is 377 cm³/mol. The molecule has 32 nitrogen and oxygen atoms in total. The number of aryl methyl sites for hydroxylation is 2. The van der Waals surface area contributed by atoms with Gasteiger partial charge in [0.25, 0.3) is 0 Å². The standard InChI is InChI=1S/C71H132N2O30/c1-65-8-7-9-66(2)71(65)103-64-67(3)72-68(75)12-13-73(14-16-74)15-17-101-69(76)10-5-6-11-70(77)102-63-62-100-61-60-99-59-58-98-57-56-97-55-54-96-53-52-95-51-50-94-49-48-93-47-46-92-45-44-91-43-42-90-41-40-89-39-38-88-37-36-87-35-34-86-33-32-85-31-30-84-29-28-83-27-26-82-25-24-81-23-22-80-21-20-79-19-18-78-4/h7-9,67,74H,5-6,10-64H2,1-4H3,(H,72,75)/t67-/m1/s1. The van der Waals surface area contributed by atoms with Crippen molar-refractivity contribution in [3.63, 3.8) is 0 Å². The minimum absolute atomic E-state index is 0.0878. The lowest BCUT2D eigenvalue weighted by molar-refractivity contribution is -0.147. The first kappa shape index (κ1) is 97.4. The Kier molecular flexibility index (Phi) is 76.6. The van der Waals surface area contributed by atoms with E-state index in [0.29, 0.717) is 330 Å². The molecule has 1 amide bonds. The minimum atomic E-state index is -0.373. The highest BCUT2D eigenvalue weighted by Gasteiger charge is 2.14. The van der Waals surface area contributed by atoms with Crippen LogP contribution in [0.2, 0.25) is 0 Å². The van der Waals surface area contributed by atoms with Gasteiger partial charge in [-0.3, -0.25) is 19.3 Å². The van der Waals surface area contributed by atoms with E-state index in [1.54, 1.807) is 7.11 Å². The molecule has 1 aromatic rings. The second kappa shape index (κ2) is 81.0. The van der Waals surface area contributed by atoms with E-state index in [9.17, 15) is 19.5 Å². The van der Waals surface area contributed by atoms with E-state index in [1.165, 1.54) is 0 Å². The molecule has 2 N–H and O–H groups in total. The lowest BCUT2D eigenvalue weighted by Crippen LogP contribution is -2.39. The van der Waals surface area contributed by atoms with Crippen molar-refractivity contribution in [2.24, 2.45) is 0 Å². The zero-order valence-corrected chi connectivity index (χ0v) is 62.8. The smallest absolute Gasteiger partial charge is 0.305 e. The van der Waals surface area contributed by atoms with Crippen LogP contribution >= 0.6 is 0 Å². The maximum absolute atomic E-state index is 12.6. The lowest BCUT2D eigenvalue weighted by atomic mass is 10.1. The zero-order chi connectivity index (χ0) is 74.1. The number of nitrogens with zero attached hydrogens (tertiary/aromatic N) is 1. The minimum Gasteiger partial charge on any atom is -0.491 e. The van der Waals surface area contributed by atoms with Gasteiger partial charge >= 0.3 is 11.9 Å². The summed E-state index contributed by atoms with van der Waals surface area (Å²) in [5, 5.41) is 12.4. The van der Waals surface area contributed by atoms with E-state index in [4.69, 9.17) is 123 Å². The summed E-state index contributed by atoms with van der Waals surface area (Å²) in [5.41, 5.74) is 2.08. The van der Waals surface area contributed by atoms with Crippen LogP contribution in [0.5, 0.6) is 5.75 Å². The number of nitrogens with one attached hydrogen (secondary N) is 1. The predicted octanol–water partition coefficient (Wildman–Crippen LogP) is 2.53. The molecule has 0 bridgehead atoms. The molecule has 0 saturated heterocycles. The highest BCUT2D eigenvalue weighted by Crippen LogP contribution is 2.22. The Balaban J connectivity index is 1.68. The van der Waals surface area contributed by atoms with Crippen molar-refractivity contribution in [3.05, 3.63) is 29.3 Å². The van der Waals surface area contributed by atoms with Crippen molar-refractivity contribution >= 4 is 17.8 Å². The summed E-state index contributed by atoms with van der Waals surface area (Å²) in [6, 6.07) is 5.76. The van der Waals surface area contributed by atoms with Gasteiger partial charge in [0.2, 0.25) is 5.91 Å². The highest BCUT2D eigenvalue weighted by molar-refractivity contribution is 5.76. The van der Waals surface area contributed by atoms with Crippen molar-refractivity contribution in [1.29, 1.82) is 0 Å². The summed E-state index contributed by atoms with van der Waals surface area (Å²) in [6.07, 6.45) is 1.53. The van der Waals surface area contributed by atoms with Crippen LogP contribution in [0, 0.1) is 13.8 Å². The van der Waals surface area contributed by atoms with Gasteiger partial charge in [-0.25, -0.2) is 0 Å². The Morgan fingerprint density at radius 1 is 0.340 bits per heavy atom. The molecule has 0 fully saturated rings. The number of esters is 2. The topological polar surface area (TPSA) is 327 Å². The van der Waals surface area contributed by atoms with E-state index in [1.807, 2.05) is 43.9 Å². The van der Waals surface area contributed by atoms with Crippen molar-refractivity contribution in [2.75, 3.05) is 350 Å². The Labute approximate surface area is 613 Å². The van der Waals surface area contributed by atoms with Gasteiger partial charge in [-0.15, -0.1) is 0 Å². The number of unbranched alkanes of at least 4 members (excludes halogenated alkanes) is 1. The van der Waals surface area contributed by atoms with Gasteiger partial charge in [0.15, 0.2) is 0 Å². The van der Waals surface area contributed by atoms with E-state index in [0.717, 1.165) is 16.9 Å². The molecular formula is C71H132N2O30. The molecule has 0 spiro atoms. The highest BCUT2D eigenvalue weighted by atomic mass is 16.6. The number of aliphatic hydroxyl groups excluding tert-OH is 1. The molecule has 103 heavy (non-hydrogen) atoms. The SMILES string of the molecule is COCCOCCOCCOCCOCCOCCOCCOCCOCCOCCOCCOCCOCCOCCOCCOCCOCCOCCOCCOCCOCCOCCOCCOC(=O)CCCCC(=O)OCCN(CCO)CCC(=O)N[C@H](C)COc1c(C)cccc1C. The quantitative estimate of drug-likeness (QED) is 0.0699. The largest absolute Gasteiger partial charge is 0.491 e. The first-order valence-corrected chi connectivity index (χ1v) is 36.6. The van der Waals surface area contributed by atoms with Crippen molar-refractivity contribution in [3.8, 4) is 5.75 Å². The number of carbonyl (C=O) groups excluding carboxylic acids is 3. The molecule has 0 radical (unpaired) electrons. The molecule has 0 aliphatic carbocycles. The molecule has 1 rings (SSSR count). The monoisotopic (exact) mass is 1490 g/mol. The molecule has 1 atom stereocenters. The Morgan fingerprint density at radius 3 is 0.835 bits per heavy atom. The number of aliphatic hydroxyl groups is 1. The molecule has 32 heteroatoms. The summed E-state index contributed by atoms with van der Waals surface area (Å²) in [4.78, 5) is 38.8. The van der Waals surface area contributed by atoms with Crippen LogP contribution in [0.4, 0.5) is 0 Å². The average molecular weight is 1490 g/mol. The Hall–Kier alpha value is -3.57. The van der Waals surface area contributed by atoms with Crippen LogP contribution in [0.1, 0.15) is 50.2 Å². The Bertz CT molecular complexity index is 1930. The normalized spacial score (nSPS) is 11.9. The number of benzene rings is 1. The average Bonchev–Trinajstić information content (AvgIpc) is 0.892. The number of carbonyl (C=O) groups is 3. The second-order valence-corrected chi connectivity index (χ2v) is 22.4. The van der Waals surface area contributed by atoms with Gasteiger partial charge in [-0.05, 0) is 44.7 Å². The fourth-order valence-corrected chi connectivity index (χ4v) is 8.41. The third-order valence-corrected chi connectivity index (χ3v) is 13.8. The van der Waals surface area contributed by atoms with Gasteiger partial charge in [0, 0.05) is 46.0 Å². The van der Waals surface area contributed by atoms with Crippen LogP contribution in [0.25, 0.3) is 0 Å². The number of hydrogen-bond donors (Lipinski definition) is 2. The van der Waals surface area contributed by atoms with Gasteiger partial charge in [0.05, 0.1) is 310 Å². The number of para-hydroxylation sites is 1. The van der Waals surface area contributed by atoms with E-state index in [2.05, 4.69) is 5.32 Å². The Morgan fingerprint density at radius 2 is 0.583 bits per heavy atom. The maximum Gasteiger partial charge on any atom is 0.305 e. The van der Waals surface area contributed by atoms with Crippen molar-refractivity contribution < 1.29 is 143 Å². The molecule has 1 aromatic carbocycles.